The van der Waals surface area contributed by atoms with Gasteiger partial charge in [-0.15, -0.1) is 11.3 Å². The van der Waals surface area contributed by atoms with E-state index >= 15 is 0 Å². The van der Waals surface area contributed by atoms with Gasteiger partial charge in [0.05, 0.1) is 18.7 Å². The van der Waals surface area contributed by atoms with Crippen molar-refractivity contribution in [2.24, 2.45) is 0 Å². The van der Waals surface area contributed by atoms with Crippen molar-refractivity contribution in [1.82, 2.24) is 9.78 Å². The van der Waals surface area contributed by atoms with Crippen LogP contribution < -0.4 is 10.6 Å². The standard InChI is InChI=1S/C24H22BrF3N4O3S/c1-35-23(34)20-14-4-2-3-5-17(14)36-22(20)30-21(33)16-11-19-29-15(12-6-8-13(25)9-7-12)10-18(24(26,27)28)32(19)31-16/h6-9,11,15,18,29H,2-5,10H2,1H3,(H,30,33)/t15-,18+/m1/s1. The van der Waals surface area contributed by atoms with E-state index in [1.54, 1.807) is 24.3 Å². The van der Waals surface area contributed by atoms with Gasteiger partial charge in [0, 0.05) is 21.8 Å². The number of fused-ring (bicyclic) bond motifs is 2. The fourth-order valence-electron chi connectivity index (χ4n) is 4.74. The van der Waals surface area contributed by atoms with E-state index in [-0.39, 0.29) is 17.9 Å². The van der Waals surface area contributed by atoms with Crippen molar-refractivity contribution in [3.63, 3.8) is 0 Å². The Balaban J connectivity index is 1.46. The largest absolute Gasteiger partial charge is 0.465 e. The summed E-state index contributed by atoms with van der Waals surface area (Å²) in [5, 5.41) is 10.1. The molecule has 0 spiro atoms. The number of alkyl halides is 3. The van der Waals surface area contributed by atoms with Crippen molar-refractivity contribution in [1.29, 1.82) is 0 Å². The van der Waals surface area contributed by atoms with Gasteiger partial charge in [-0.2, -0.15) is 18.3 Å². The topological polar surface area (TPSA) is 85.2 Å². The monoisotopic (exact) mass is 582 g/mol. The Morgan fingerprint density at radius 3 is 2.64 bits per heavy atom. The lowest BCUT2D eigenvalue weighted by atomic mass is 9.95. The summed E-state index contributed by atoms with van der Waals surface area (Å²) in [5.74, 6) is -1.14. The van der Waals surface area contributed by atoms with E-state index in [2.05, 4.69) is 31.7 Å². The van der Waals surface area contributed by atoms with E-state index < -0.39 is 30.1 Å². The van der Waals surface area contributed by atoms with Crippen LogP contribution in [0.25, 0.3) is 0 Å². The number of esters is 1. The normalized spacial score (nSPS) is 19.1. The molecule has 0 saturated carbocycles. The first-order chi connectivity index (χ1) is 17.2. The average Bonchev–Trinajstić information content (AvgIpc) is 3.44. The lowest BCUT2D eigenvalue weighted by Gasteiger charge is -2.33. The number of methoxy groups -OCH3 is 1. The highest BCUT2D eigenvalue weighted by molar-refractivity contribution is 9.10. The molecule has 3 aromatic rings. The molecule has 7 nitrogen and oxygen atoms in total. The summed E-state index contributed by atoms with van der Waals surface area (Å²) in [6.07, 6.45) is -1.41. The van der Waals surface area contributed by atoms with Gasteiger partial charge in [0.1, 0.15) is 10.8 Å². The number of benzene rings is 1. The zero-order chi connectivity index (χ0) is 25.6. The van der Waals surface area contributed by atoms with E-state index in [1.165, 1.54) is 24.5 Å². The number of aryl methyl sites for hydroxylation is 1. The number of anilines is 2. The number of nitrogens with one attached hydrogen (secondary N) is 2. The Morgan fingerprint density at radius 2 is 1.94 bits per heavy atom. The van der Waals surface area contributed by atoms with Crippen LogP contribution in [0.4, 0.5) is 24.0 Å². The number of carbonyl (C=O) groups is 2. The molecular formula is C24H22BrF3N4O3S. The number of halogens is 4. The first kappa shape index (κ1) is 24.8. The van der Waals surface area contributed by atoms with Crippen molar-refractivity contribution in [3.05, 3.63) is 62.1 Å². The van der Waals surface area contributed by atoms with Gasteiger partial charge in [-0.3, -0.25) is 4.79 Å². The summed E-state index contributed by atoms with van der Waals surface area (Å²) in [4.78, 5) is 26.6. The van der Waals surface area contributed by atoms with Crippen LogP contribution >= 0.6 is 27.3 Å². The third-order valence-corrected chi connectivity index (χ3v) is 8.22. The van der Waals surface area contributed by atoms with Gasteiger partial charge in [-0.1, -0.05) is 28.1 Å². The number of thiophene rings is 1. The molecule has 0 unspecified atom stereocenters. The molecule has 5 rings (SSSR count). The third-order valence-electron chi connectivity index (χ3n) is 6.48. The molecule has 1 aliphatic heterocycles. The molecule has 36 heavy (non-hydrogen) atoms. The van der Waals surface area contributed by atoms with Gasteiger partial charge < -0.3 is 15.4 Å². The quantitative estimate of drug-likeness (QED) is 0.353. The number of nitrogens with zero attached hydrogens (tertiary/aromatic N) is 2. The van der Waals surface area contributed by atoms with Gasteiger partial charge >= 0.3 is 12.1 Å². The maximum Gasteiger partial charge on any atom is 0.410 e. The van der Waals surface area contributed by atoms with E-state index in [1.807, 2.05) is 0 Å². The molecule has 2 N–H and O–H groups in total. The molecule has 0 radical (unpaired) electrons. The number of ether oxygens (including phenoxy) is 1. The summed E-state index contributed by atoms with van der Waals surface area (Å²) in [7, 11) is 1.27. The molecule has 2 aromatic heterocycles. The van der Waals surface area contributed by atoms with E-state index in [9.17, 15) is 22.8 Å². The maximum absolute atomic E-state index is 14.0. The molecule has 1 amide bonds. The van der Waals surface area contributed by atoms with Crippen LogP contribution in [0.5, 0.6) is 0 Å². The Bertz CT molecular complexity index is 1320. The van der Waals surface area contributed by atoms with Crippen LogP contribution in [-0.2, 0) is 17.6 Å². The van der Waals surface area contributed by atoms with Crippen molar-refractivity contribution >= 4 is 50.0 Å². The summed E-state index contributed by atoms with van der Waals surface area (Å²) in [6.45, 7) is 0. The smallest absolute Gasteiger partial charge is 0.410 e. The average molecular weight is 583 g/mol. The molecule has 12 heteroatoms. The summed E-state index contributed by atoms with van der Waals surface area (Å²) in [6, 6.07) is 5.84. The second kappa shape index (κ2) is 9.55. The molecule has 0 fully saturated rings. The second-order valence-corrected chi connectivity index (χ2v) is 10.8. The lowest BCUT2D eigenvalue weighted by Crippen LogP contribution is -2.35. The Kier molecular flexibility index (Phi) is 6.58. The van der Waals surface area contributed by atoms with Gasteiger partial charge in [-0.25, -0.2) is 9.48 Å². The highest BCUT2D eigenvalue weighted by Gasteiger charge is 2.47. The number of amides is 1. The van der Waals surface area contributed by atoms with Gasteiger partial charge in [0.15, 0.2) is 11.7 Å². The number of hydrogen-bond donors (Lipinski definition) is 2. The predicted octanol–water partition coefficient (Wildman–Crippen LogP) is 6.29. The molecular weight excluding hydrogens is 561 g/mol. The van der Waals surface area contributed by atoms with Crippen LogP contribution in [0.1, 0.15) is 68.2 Å². The molecule has 3 heterocycles. The van der Waals surface area contributed by atoms with Crippen molar-refractivity contribution in [2.75, 3.05) is 17.7 Å². The Morgan fingerprint density at radius 1 is 1.22 bits per heavy atom. The van der Waals surface area contributed by atoms with Crippen LogP contribution in [0.3, 0.4) is 0 Å². The van der Waals surface area contributed by atoms with Crippen LogP contribution in [-0.4, -0.2) is 34.9 Å². The van der Waals surface area contributed by atoms with E-state index in [4.69, 9.17) is 4.74 Å². The molecule has 190 valence electrons. The van der Waals surface area contributed by atoms with Crippen LogP contribution in [0, 0.1) is 0 Å². The molecule has 1 aromatic carbocycles. The lowest BCUT2D eigenvalue weighted by molar-refractivity contribution is -0.173. The minimum absolute atomic E-state index is 0.0975. The zero-order valence-corrected chi connectivity index (χ0v) is 21.5. The highest BCUT2D eigenvalue weighted by Crippen LogP contribution is 2.44. The maximum atomic E-state index is 14.0. The summed E-state index contributed by atoms with van der Waals surface area (Å²) >= 11 is 4.64. The van der Waals surface area contributed by atoms with Gasteiger partial charge in [0.2, 0.25) is 0 Å². The Hall–Kier alpha value is -2.86. The highest BCUT2D eigenvalue weighted by atomic mass is 79.9. The minimum atomic E-state index is -4.56. The van der Waals surface area contributed by atoms with Gasteiger partial charge in [0.25, 0.3) is 5.91 Å². The fraction of sp³-hybridized carbons (Fsp3) is 0.375. The minimum Gasteiger partial charge on any atom is -0.465 e. The number of carbonyl (C=O) groups excluding carboxylic acids is 2. The predicted molar refractivity (Wildman–Crippen MR) is 133 cm³/mol. The van der Waals surface area contributed by atoms with Gasteiger partial charge in [-0.05, 0) is 48.9 Å². The number of hydrogen-bond acceptors (Lipinski definition) is 6. The SMILES string of the molecule is COC(=O)c1c(NC(=O)c2cc3n(n2)[C@H](C(F)(F)F)C[C@H](c2ccc(Br)cc2)N3)sc2c1CCCC2. The van der Waals surface area contributed by atoms with Crippen molar-refractivity contribution in [2.45, 2.75) is 50.4 Å². The Labute approximate surface area is 217 Å². The molecule has 2 atom stereocenters. The first-order valence-electron chi connectivity index (χ1n) is 11.4. The first-order valence-corrected chi connectivity index (χ1v) is 13.0. The van der Waals surface area contributed by atoms with E-state index in [0.29, 0.717) is 22.5 Å². The summed E-state index contributed by atoms with van der Waals surface area (Å²) < 4.78 is 48.6. The number of rotatable bonds is 4. The van der Waals surface area contributed by atoms with Crippen molar-refractivity contribution in [3.8, 4) is 0 Å². The fourth-order valence-corrected chi connectivity index (χ4v) is 6.27. The third kappa shape index (κ3) is 4.63. The molecule has 2 aliphatic rings. The zero-order valence-electron chi connectivity index (χ0n) is 19.1. The van der Waals surface area contributed by atoms with E-state index in [0.717, 1.165) is 38.9 Å². The van der Waals surface area contributed by atoms with Crippen LogP contribution in [0.2, 0.25) is 0 Å². The second-order valence-electron chi connectivity index (χ2n) is 8.76. The molecule has 0 bridgehead atoms. The molecule has 1 aliphatic carbocycles. The van der Waals surface area contributed by atoms with Crippen LogP contribution in [0.15, 0.2) is 34.8 Å². The van der Waals surface area contributed by atoms with Crippen molar-refractivity contribution < 1.29 is 27.5 Å². The number of aromatic nitrogens is 2. The molecule has 0 saturated heterocycles. The summed E-state index contributed by atoms with van der Waals surface area (Å²) in [5.41, 5.74) is 1.70.